The lowest BCUT2D eigenvalue weighted by atomic mass is 9.44. The third kappa shape index (κ3) is 4.71. The summed E-state index contributed by atoms with van der Waals surface area (Å²) >= 11 is 5.95. The second-order valence-electron chi connectivity index (χ2n) is 9.76. The highest BCUT2D eigenvalue weighted by atomic mass is 35.5. The zero-order chi connectivity index (χ0) is 24.3. The minimum absolute atomic E-state index is 0.0997. The number of aliphatic hydroxyl groups is 1. The van der Waals surface area contributed by atoms with Crippen LogP contribution in [0, 0.1) is 0 Å². The first-order valence-electron chi connectivity index (χ1n) is 11.1. The van der Waals surface area contributed by atoms with Crippen molar-refractivity contribution in [3.05, 3.63) is 28.8 Å². The highest BCUT2D eigenvalue weighted by Gasteiger charge is 2.69. The minimum atomic E-state index is -4.66. The molecule has 0 spiro atoms. The molecule has 2 atom stereocenters. The standard InChI is InChI=1S/C22H24ClF3N2O6/c23-11-1-2-16-14(3-11)15(29)6-17(33-16)19(31)28-21-8-20(9-21,10-21)27-18(30)7-32-12-4-13(5-12)34-22(24,25)26/h1-3,12-13,15,17,29H,4-10H2,(H,27,30)(H,28,31)/t12-,13+,15-,17+,20?,21?/m1/s1. The zero-order valence-corrected chi connectivity index (χ0v) is 18.7. The van der Waals surface area contributed by atoms with E-state index in [0.29, 0.717) is 35.6 Å². The molecule has 1 aromatic rings. The number of hydrogen-bond acceptors (Lipinski definition) is 6. The Morgan fingerprint density at radius 2 is 1.79 bits per heavy atom. The second-order valence-corrected chi connectivity index (χ2v) is 10.2. The molecule has 4 saturated carbocycles. The molecule has 12 heteroatoms. The van der Waals surface area contributed by atoms with Gasteiger partial charge < -0.3 is 25.2 Å². The van der Waals surface area contributed by atoms with Gasteiger partial charge in [0.15, 0.2) is 6.10 Å². The number of carbonyl (C=O) groups excluding carboxylic acids is 2. The first-order valence-corrected chi connectivity index (χ1v) is 11.4. The van der Waals surface area contributed by atoms with Crippen molar-refractivity contribution in [3.8, 4) is 5.75 Å². The van der Waals surface area contributed by atoms with E-state index in [-0.39, 0.29) is 37.7 Å². The van der Waals surface area contributed by atoms with Crippen LogP contribution in [-0.2, 0) is 19.1 Å². The number of halogens is 4. The molecule has 4 fully saturated rings. The highest BCUT2D eigenvalue weighted by Crippen LogP contribution is 2.60. The zero-order valence-electron chi connectivity index (χ0n) is 18.0. The van der Waals surface area contributed by atoms with Gasteiger partial charge in [0.25, 0.3) is 5.91 Å². The monoisotopic (exact) mass is 504 g/mol. The maximum Gasteiger partial charge on any atom is 0.522 e. The van der Waals surface area contributed by atoms with Crippen molar-refractivity contribution >= 4 is 23.4 Å². The average Bonchev–Trinajstić information content (AvgIpc) is 2.66. The fourth-order valence-corrected chi connectivity index (χ4v) is 5.62. The lowest BCUT2D eigenvalue weighted by Crippen LogP contribution is -2.84. The van der Waals surface area contributed by atoms with Gasteiger partial charge in [-0.05, 0) is 37.5 Å². The van der Waals surface area contributed by atoms with Crippen LogP contribution >= 0.6 is 11.6 Å². The van der Waals surface area contributed by atoms with E-state index in [1.54, 1.807) is 18.2 Å². The fraction of sp³-hybridized carbons (Fsp3) is 0.636. The van der Waals surface area contributed by atoms with Crippen LogP contribution in [0.25, 0.3) is 0 Å². The van der Waals surface area contributed by atoms with Crippen LogP contribution in [0.1, 0.15) is 50.2 Å². The quantitative estimate of drug-likeness (QED) is 0.527. The Morgan fingerprint density at radius 1 is 1.12 bits per heavy atom. The van der Waals surface area contributed by atoms with E-state index in [4.69, 9.17) is 21.1 Å². The number of fused-ring (bicyclic) bond motifs is 1. The average molecular weight is 505 g/mol. The fourth-order valence-electron chi connectivity index (χ4n) is 5.44. The Labute approximate surface area is 198 Å². The largest absolute Gasteiger partial charge is 0.522 e. The predicted octanol–water partition coefficient (Wildman–Crippen LogP) is 2.52. The van der Waals surface area contributed by atoms with Gasteiger partial charge in [-0.1, -0.05) is 11.6 Å². The van der Waals surface area contributed by atoms with Crippen molar-refractivity contribution in [2.75, 3.05) is 6.61 Å². The molecule has 2 amide bonds. The number of carbonyl (C=O) groups is 2. The van der Waals surface area contributed by atoms with Crippen molar-refractivity contribution in [2.24, 2.45) is 0 Å². The molecule has 2 bridgehead atoms. The van der Waals surface area contributed by atoms with Crippen LogP contribution in [-0.4, -0.2) is 59.3 Å². The van der Waals surface area contributed by atoms with Gasteiger partial charge in [-0.15, -0.1) is 13.2 Å². The first-order chi connectivity index (χ1) is 15.9. The van der Waals surface area contributed by atoms with E-state index in [1.807, 2.05) is 0 Å². The molecule has 8 nitrogen and oxygen atoms in total. The van der Waals surface area contributed by atoms with E-state index in [2.05, 4.69) is 15.4 Å². The number of aliphatic hydroxyl groups excluding tert-OH is 1. The van der Waals surface area contributed by atoms with Crippen LogP contribution in [0.5, 0.6) is 5.75 Å². The molecule has 4 aliphatic carbocycles. The summed E-state index contributed by atoms with van der Waals surface area (Å²) in [4.78, 5) is 24.9. The Bertz CT molecular complexity index is 980. The Balaban J connectivity index is 1.03. The molecular formula is C22H24ClF3N2O6. The summed E-state index contributed by atoms with van der Waals surface area (Å²) in [6.45, 7) is -0.234. The number of benzene rings is 1. The summed E-state index contributed by atoms with van der Waals surface area (Å²) in [6, 6.07) is 4.87. The molecule has 3 N–H and O–H groups in total. The Hall–Kier alpha value is -2.08. The molecule has 186 valence electrons. The van der Waals surface area contributed by atoms with Crippen LogP contribution in [0.4, 0.5) is 13.2 Å². The van der Waals surface area contributed by atoms with Gasteiger partial charge in [0.2, 0.25) is 5.91 Å². The molecule has 5 aliphatic rings. The predicted molar refractivity (Wildman–Crippen MR) is 111 cm³/mol. The minimum Gasteiger partial charge on any atom is -0.480 e. The Kier molecular flexibility index (Phi) is 5.74. The molecule has 0 unspecified atom stereocenters. The SMILES string of the molecule is O=C(CO[C@H]1C[C@@H](OC(F)(F)F)C1)NC12CC(NC(=O)[C@@H]3C[C@@H](O)c4cc(Cl)ccc4O3)(C1)C2. The van der Waals surface area contributed by atoms with Gasteiger partial charge in [-0.25, -0.2) is 0 Å². The third-order valence-electron chi connectivity index (χ3n) is 6.96. The van der Waals surface area contributed by atoms with Crippen LogP contribution in [0.2, 0.25) is 5.02 Å². The lowest BCUT2D eigenvalue weighted by Gasteiger charge is -2.70. The van der Waals surface area contributed by atoms with Gasteiger partial charge >= 0.3 is 6.36 Å². The highest BCUT2D eigenvalue weighted by molar-refractivity contribution is 6.30. The molecule has 0 radical (unpaired) electrons. The van der Waals surface area contributed by atoms with Crippen molar-refractivity contribution < 1.29 is 42.1 Å². The van der Waals surface area contributed by atoms with Gasteiger partial charge in [-0.2, -0.15) is 0 Å². The van der Waals surface area contributed by atoms with Crippen molar-refractivity contribution in [1.29, 1.82) is 0 Å². The summed E-state index contributed by atoms with van der Waals surface area (Å²) < 4.78 is 51.4. The molecule has 6 rings (SSSR count). The first kappa shape index (κ1) is 23.7. The summed E-state index contributed by atoms with van der Waals surface area (Å²) in [5.74, 6) is -0.232. The van der Waals surface area contributed by atoms with E-state index < -0.39 is 41.9 Å². The number of alkyl halides is 3. The molecule has 1 aromatic carbocycles. The molecular weight excluding hydrogens is 481 g/mol. The van der Waals surface area contributed by atoms with Crippen molar-refractivity contribution in [1.82, 2.24) is 10.6 Å². The van der Waals surface area contributed by atoms with Gasteiger partial charge in [0, 0.05) is 40.9 Å². The number of nitrogens with one attached hydrogen (secondary N) is 2. The smallest absolute Gasteiger partial charge is 0.480 e. The van der Waals surface area contributed by atoms with E-state index in [1.165, 1.54) is 0 Å². The summed E-state index contributed by atoms with van der Waals surface area (Å²) in [5, 5.41) is 16.7. The van der Waals surface area contributed by atoms with Gasteiger partial charge in [-0.3, -0.25) is 14.3 Å². The number of hydrogen-bond donors (Lipinski definition) is 3. The summed E-state index contributed by atoms with van der Waals surface area (Å²) in [5.41, 5.74) is -0.252. The maximum absolute atomic E-state index is 12.7. The number of amides is 2. The molecule has 34 heavy (non-hydrogen) atoms. The normalized spacial score (nSPS) is 35.6. The lowest BCUT2D eigenvalue weighted by molar-refractivity contribution is -0.357. The van der Waals surface area contributed by atoms with Crippen LogP contribution in [0.3, 0.4) is 0 Å². The van der Waals surface area contributed by atoms with Crippen molar-refractivity contribution in [2.45, 2.75) is 80.4 Å². The summed E-state index contributed by atoms with van der Waals surface area (Å²) in [6.07, 6.45) is -5.66. The summed E-state index contributed by atoms with van der Waals surface area (Å²) in [7, 11) is 0. The van der Waals surface area contributed by atoms with Crippen LogP contribution in [0.15, 0.2) is 18.2 Å². The Morgan fingerprint density at radius 3 is 2.47 bits per heavy atom. The molecule has 0 aromatic heterocycles. The number of rotatable bonds is 7. The van der Waals surface area contributed by atoms with E-state index in [0.717, 1.165) is 0 Å². The molecule has 0 saturated heterocycles. The van der Waals surface area contributed by atoms with Crippen LogP contribution < -0.4 is 15.4 Å². The molecule has 1 heterocycles. The second kappa shape index (κ2) is 8.25. The van der Waals surface area contributed by atoms with Gasteiger partial charge in [0.1, 0.15) is 12.4 Å². The topological polar surface area (TPSA) is 106 Å². The third-order valence-corrected chi connectivity index (χ3v) is 7.19. The van der Waals surface area contributed by atoms with Crippen molar-refractivity contribution in [3.63, 3.8) is 0 Å². The maximum atomic E-state index is 12.7. The van der Waals surface area contributed by atoms with E-state index in [9.17, 15) is 27.9 Å². The molecule has 1 aliphatic heterocycles. The number of ether oxygens (including phenoxy) is 3. The van der Waals surface area contributed by atoms with Gasteiger partial charge in [0.05, 0.1) is 18.3 Å². The van der Waals surface area contributed by atoms with E-state index >= 15 is 0 Å².